The molecule has 0 unspecified atom stereocenters. The molecule has 1 saturated carbocycles. The zero-order valence-electron chi connectivity index (χ0n) is 15.7. The highest BCUT2D eigenvalue weighted by Crippen LogP contribution is 2.32. The third kappa shape index (κ3) is 4.01. The summed E-state index contributed by atoms with van der Waals surface area (Å²) >= 11 is 0. The lowest BCUT2D eigenvalue weighted by atomic mass is 10.1. The van der Waals surface area contributed by atoms with Gasteiger partial charge in [0, 0.05) is 16.8 Å². The summed E-state index contributed by atoms with van der Waals surface area (Å²) in [6.07, 6.45) is 7.75. The molecule has 0 atom stereocenters. The Labute approximate surface area is 163 Å². The van der Waals surface area contributed by atoms with Crippen molar-refractivity contribution in [2.24, 2.45) is 0 Å². The van der Waals surface area contributed by atoms with Crippen LogP contribution < -0.4 is 14.8 Å². The molecule has 0 saturated heterocycles. The first kappa shape index (κ1) is 18.1. The number of nitrogens with one attached hydrogen (secondary N) is 1. The fourth-order valence-electron chi connectivity index (χ4n) is 3.40. The molecule has 3 aromatic rings. The van der Waals surface area contributed by atoms with Gasteiger partial charge in [0.1, 0.15) is 0 Å². The van der Waals surface area contributed by atoms with Gasteiger partial charge < -0.3 is 19.2 Å². The largest absolute Gasteiger partial charge is 0.493 e. The van der Waals surface area contributed by atoms with Crippen molar-refractivity contribution in [3.05, 3.63) is 60.6 Å². The molecular weight excluding hydrogens is 356 g/mol. The number of anilines is 1. The average Bonchev–Trinajstić information content (AvgIpc) is 3.43. The number of carbonyl (C=O) groups is 1. The van der Waals surface area contributed by atoms with Gasteiger partial charge in [-0.25, -0.2) is 4.98 Å². The van der Waals surface area contributed by atoms with Crippen LogP contribution in [0.25, 0.3) is 11.3 Å². The van der Waals surface area contributed by atoms with E-state index in [9.17, 15) is 4.79 Å². The normalized spacial score (nSPS) is 14.0. The number of nitrogens with zero attached hydrogens (tertiary/aromatic N) is 1. The van der Waals surface area contributed by atoms with E-state index < -0.39 is 0 Å². The summed E-state index contributed by atoms with van der Waals surface area (Å²) in [4.78, 5) is 16.6. The Balaban J connectivity index is 1.49. The van der Waals surface area contributed by atoms with E-state index in [1.54, 1.807) is 31.5 Å². The maximum Gasteiger partial charge on any atom is 0.255 e. The zero-order chi connectivity index (χ0) is 19.3. The number of amides is 1. The van der Waals surface area contributed by atoms with Gasteiger partial charge in [0.2, 0.25) is 0 Å². The van der Waals surface area contributed by atoms with Crippen molar-refractivity contribution < 1.29 is 18.7 Å². The van der Waals surface area contributed by atoms with Crippen LogP contribution in [-0.2, 0) is 0 Å². The number of rotatable bonds is 6. The highest BCUT2D eigenvalue weighted by atomic mass is 16.5. The highest BCUT2D eigenvalue weighted by molar-refractivity contribution is 6.04. The minimum Gasteiger partial charge on any atom is -0.493 e. The van der Waals surface area contributed by atoms with Crippen LogP contribution in [0.1, 0.15) is 36.0 Å². The van der Waals surface area contributed by atoms with Crippen LogP contribution in [0, 0.1) is 0 Å². The third-order valence-electron chi connectivity index (χ3n) is 4.86. The molecule has 6 heteroatoms. The number of hydrogen-bond acceptors (Lipinski definition) is 5. The predicted octanol–water partition coefficient (Wildman–Crippen LogP) is 4.92. The second-order valence-electron chi connectivity index (χ2n) is 6.79. The number of carbonyl (C=O) groups excluding carboxylic acids is 1. The second-order valence-corrected chi connectivity index (χ2v) is 6.79. The number of hydrogen-bond donors (Lipinski definition) is 1. The lowest BCUT2D eigenvalue weighted by molar-refractivity contribution is 0.102. The SMILES string of the molecule is COc1cc(C(=O)Nc2cccc(-c3cnco3)c2)ccc1OC1CCCC1. The standard InChI is InChI=1S/C22H22N2O4/c1-26-20-12-16(9-10-19(20)28-18-7-2-3-8-18)22(25)24-17-6-4-5-15(11-17)21-13-23-14-27-21/h4-6,9-14,18H,2-3,7-8H2,1H3,(H,24,25). The molecule has 144 valence electrons. The zero-order valence-corrected chi connectivity index (χ0v) is 15.7. The van der Waals surface area contributed by atoms with Crippen molar-refractivity contribution >= 4 is 11.6 Å². The topological polar surface area (TPSA) is 73.6 Å². The second kappa shape index (κ2) is 8.17. The maximum absolute atomic E-state index is 12.7. The van der Waals surface area contributed by atoms with Gasteiger partial charge in [-0.05, 0) is 56.0 Å². The number of methoxy groups -OCH3 is 1. The number of ether oxygens (including phenoxy) is 2. The minimum absolute atomic E-state index is 0.222. The van der Waals surface area contributed by atoms with Gasteiger partial charge in [0.15, 0.2) is 23.7 Å². The lowest BCUT2D eigenvalue weighted by Gasteiger charge is -2.16. The van der Waals surface area contributed by atoms with Crippen LogP contribution in [0.3, 0.4) is 0 Å². The molecule has 1 aliphatic rings. The van der Waals surface area contributed by atoms with E-state index in [0.29, 0.717) is 28.5 Å². The molecule has 0 radical (unpaired) electrons. The van der Waals surface area contributed by atoms with Crippen molar-refractivity contribution in [3.63, 3.8) is 0 Å². The Morgan fingerprint density at radius 2 is 2.00 bits per heavy atom. The quantitative estimate of drug-likeness (QED) is 0.659. The summed E-state index contributed by atoms with van der Waals surface area (Å²) in [5, 5.41) is 2.91. The van der Waals surface area contributed by atoms with E-state index in [2.05, 4.69) is 10.3 Å². The monoisotopic (exact) mass is 378 g/mol. The molecule has 1 heterocycles. The van der Waals surface area contributed by atoms with Gasteiger partial charge in [-0.3, -0.25) is 4.79 Å². The van der Waals surface area contributed by atoms with E-state index >= 15 is 0 Å². The molecule has 0 bridgehead atoms. The average molecular weight is 378 g/mol. The first-order valence-electron chi connectivity index (χ1n) is 9.38. The summed E-state index contributed by atoms with van der Waals surface area (Å²) in [6, 6.07) is 12.7. The molecule has 6 nitrogen and oxygen atoms in total. The van der Waals surface area contributed by atoms with Crippen molar-refractivity contribution in [2.45, 2.75) is 31.8 Å². The highest BCUT2D eigenvalue weighted by Gasteiger charge is 2.19. The van der Waals surface area contributed by atoms with Crippen molar-refractivity contribution in [3.8, 4) is 22.8 Å². The number of aromatic nitrogens is 1. The number of oxazole rings is 1. The van der Waals surface area contributed by atoms with E-state index in [1.165, 1.54) is 19.2 Å². The van der Waals surface area contributed by atoms with E-state index in [-0.39, 0.29) is 12.0 Å². The van der Waals surface area contributed by atoms with Gasteiger partial charge in [0.25, 0.3) is 5.91 Å². The third-order valence-corrected chi connectivity index (χ3v) is 4.86. The van der Waals surface area contributed by atoms with Crippen LogP contribution >= 0.6 is 0 Å². The Bertz CT molecular complexity index is 947. The Morgan fingerprint density at radius 3 is 2.75 bits per heavy atom. The molecule has 1 N–H and O–H groups in total. The van der Waals surface area contributed by atoms with Gasteiger partial charge in [0.05, 0.1) is 19.4 Å². The van der Waals surface area contributed by atoms with Crippen molar-refractivity contribution in [1.82, 2.24) is 4.98 Å². The minimum atomic E-state index is -0.222. The van der Waals surface area contributed by atoms with Gasteiger partial charge >= 0.3 is 0 Å². The van der Waals surface area contributed by atoms with Gasteiger partial charge in [-0.2, -0.15) is 0 Å². The molecule has 2 aromatic carbocycles. The molecule has 0 aliphatic heterocycles. The fraction of sp³-hybridized carbons (Fsp3) is 0.273. The van der Waals surface area contributed by atoms with Gasteiger partial charge in [-0.1, -0.05) is 12.1 Å². The molecule has 28 heavy (non-hydrogen) atoms. The molecule has 1 amide bonds. The molecule has 1 aromatic heterocycles. The van der Waals surface area contributed by atoms with Crippen LogP contribution in [-0.4, -0.2) is 24.1 Å². The van der Waals surface area contributed by atoms with Crippen LogP contribution in [0.2, 0.25) is 0 Å². The van der Waals surface area contributed by atoms with E-state index in [0.717, 1.165) is 18.4 Å². The summed E-state index contributed by atoms with van der Waals surface area (Å²) in [5.74, 6) is 1.67. The van der Waals surface area contributed by atoms with Crippen LogP contribution in [0.5, 0.6) is 11.5 Å². The molecule has 1 aliphatic carbocycles. The van der Waals surface area contributed by atoms with E-state index in [1.807, 2.05) is 24.3 Å². The first-order chi connectivity index (χ1) is 13.7. The van der Waals surface area contributed by atoms with Crippen LogP contribution in [0.15, 0.2) is 59.5 Å². The van der Waals surface area contributed by atoms with Crippen molar-refractivity contribution in [2.75, 3.05) is 12.4 Å². The number of benzene rings is 2. The van der Waals surface area contributed by atoms with E-state index in [4.69, 9.17) is 13.9 Å². The maximum atomic E-state index is 12.7. The predicted molar refractivity (Wildman–Crippen MR) is 106 cm³/mol. The molecule has 4 rings (SSSR count). The summed E-state index contributed by atoms with van der Waals surface area (Å²) in [7, 11) is 1.58. The smallest absolute Gasteiger partial charge is 0.255 e. The Hall–Kier alpha value is -3.28. The lowest BCUT2D eigenvalue weighted by Crippen LogP contribution is -2.14. The summed E-state index contributed by atoms with van der Waals surface area (Å²) in [5.41, 5.74) is 2.01. The van der Waals surface area contributed by atoms with Crippen molar-refractivity contribution in [1.29, 1.82) is 0 Å². The van der Waals surface area contributed by atoms with Gasteiger partial charge in [-0.15, -0.1) is 0 Å². The Kier molecular flexibility index (Phi) is 5.28. The fourth-order valence-corrected chi connectivity index (χ4v) is 3.40. The molecule has 1 fully saturated rings. The van der Waals surface area contributed by atoms with Crippen LogP contribution in [0.4, 0.5) is 5.69 Å². The Morgan fingerprint density at radius 1 is 1.14 bits per heavy atom. The summed E-state index contributed by atoms with van der Waals surface area (Å²) in [6.45, 7) is 0. The molecule has 0 spiro atoms. The summed E-state index contributed by atoms with van der Waals surface area (Å²) < 4.78 is 16.8. The first-order valence-corrected chi connectivity index (χ1v) is 9.38. The molecular formula is C22H22N2O4.